The zero-order valence-electron chi connectivity index (χ0n) is 16.8. The lowest BCUT2D eigenvalue weighted by Gasteiger charge is -2.28. The summed E-state index contributed by atoms with van der Waals surface area (Å²) in [4.78, 5) is 32.0. The molecule has 1 spiro atoms. The monoisotopic (exact) mass is 391 g/mol. The number of amides is 2. The predicted octanol–water partition coefficient (Wildman–Crippen LogP) is 1.49. The van der Waals surface area contributed by atoms with E-state index in [1.54, 1.807) is 24.1 Å². The van der Waals surface area contributed by atoms with Crippen LogP contribution in [0.2, 0.25) is 0 Å². The second-order valence-electron chi connectivity index (χ2n) is 7.50. The third-order valence-corrected chi connectivity index (χ3v) is 5.92. The predicted molar refractivity (Wildman–Crippen MR) is 103 cm³/mol. The standard InChI is InChI=1S/C20H29N3O5/c1-26-11-10-21-17(24)15-12-23(13-20(15)8-4-5-9-20)19(25)14-6-7-16(27-2)22-18(14)28-3/h6-7,15H,4-5,8-13H2,1-3H3,(H,21,24). The lowest BCUT2D eigenvalue weighted by atomic mass is 9.76. The molecule has 1 N–H and O–H groups in total. The molecule has 2 amide bonds. The average Bonchev–Trinajstić information content (AvgIpc) is 3.34. The van der Waals surface area contributed by atoms with Crippen molar-refractivity contribution in [1.82, 2.24) is 15.2 Å². The Hall–Kier alpha value is -2.35. The number of nitrogens with zero attached hydrogens (tertiary/aromatic N) is 2. The van der Waals surface area contributed by atoms with Gasteiger partial charge < -0.3 is 24.4 Å². The van der Waals surface area contributed by atoms with E-state index in [-0.39, 0.29) is 29.0 Å². The maximum Gasteiger partial charge on any atom is 0.259 e. The van der Waals surface area contributed by atoms with E-state index in [0.29, 0.717) is 37.7 Å². The fraction of sp³-hybridized carbons (Fsp3) is 0.650. The number of carbonyl (C=O) groups excluding carboxylic acids is 2. The number of rotatable bonds is 7. The molecule has 0 aromatic carbocycles. The molecule has 154 valence electrons. The van der Waals surface area contributed by atoms with Crippen LogP contribution in [0.4, 0.5) is 0 Å². The summed E-state index contributed by atoms with van der Waals surface area (Å²) >= 11 is 0. The fourth-order valence-electron chi connectivity index (χ4n) is 4.50. The van der Waals surface area contributed by atoms with Gasteiger partial charge in [0.2, 0.25) is 17.7 Å². The van der Waals surface area contributed by atoms with Gasteiger partial charge in [-0.25, -0.2) is 0 Å². The van der Waals surface area contributed by atoms with Crippen molar-refractivity contribution in [2.24, 2.45) is 11.3 Å². The van der Waals surface area contributed by atoms with Gasteiger partial charge >= 0.3 is 0 Å². The van der Waals surface area contributed by atoms with Crippen molar-refractivity contribution in [2.75, 3.05) is 47.6 Å². The molecule has 1 aliphatic heterocycles. The van der Waals surface area contributed by atoms with Gasteiger partial charge in [0.1, 0.15) is 5.56 Å². The number of hydrogen-bond acceptors (Lipinski definition) is 6. The number of aromatic nitrogens is 1. The quantitative estimate of drug-likeness (QED) is 0.709. The van der Waals surface area contributed by atoms with E-state index < -0.39 is 0 Å². The molecule has 1 saturated heterocycles. The molecule has 2 fully saturated rings. The topological polar surface area (TPSA) is 90.0 Å². The summed E-state index contributed by atoms with van der Waals surface area (Å²) < 4.78 is 15.4. The van der Waals surface area contributed by atoms with Crippen LogP contribution in [0.15, 0.2) is 12.1 Å². The van der Waals surface area contributed by atoms with Gasteiger partial charge in [-0.15, -0.1) is 0 Å². The molecule has 1 aromatic heterocycles. The average molecular weight is 391 g/mol. The molecule has 28 heavy (non-hydrogen) atoms. The lowest BCUT2D eigenvalue weighted by Crippen LogP contribution is -2.41. The highest BCUT2D eigenvalue weighted by Crippen LogP contribution is 2.49. The van der Waals surface area contributed by atoms with E-state index in [0.717, 1.165) is 25.7 Å². The smallest absolute Gasteiger partial charge is 0.259 e. The third-order valence-electron chi connectivity index (χ3n) is 5.92. The van der Waals surface area contributed by atoms with Crippen molar-refractivity contribution in [3.63, 3.8) is 0 Å². The first-order valence-electron chi connectivity index (χ1n) is 9.69. The highest BCUT2D eigenvalue weighted by atomic mass is 16.5. The Morgan fingerprint density at radius 1 is 1.21 bits per heavy atom. The van der Waals surface area contributed by atoms with Crippen LogP contribution in [0.25, 0.3) is 0 Å². The molecular weight excluding hydrogens is 362 g/mol. The van der Waals surface area contributed by atoms with Crippen molar-refractivity contribution in [3.05, 3.63) is 17.7 Å². The summed E-state index contributed by atoms with van der Waals surface area (Å²) in [7, 11) is 4.60. The summed E-state index contributed by atoms with van der Waals surface area (Å²) in [6.07, 6.45) is 4.13. The number of pyridine rings is 1. The van der Waals surface area contributed by atoms with E-state index in [1.165, 1.54) is 14.2 Å². The summed E-state index contributed by atoms with van der Waals surface area (Å²) in [5.41, 5.74) is 0.247. The number of methoxy groups -OCH3 is 3. The van der Waals surface area contributed by atoms with Gasteiger partial charge in [-0.3, -0.25) is 9.59 Å². The molecule has 8 heteroatoms. The largest absolute Gasteiger partial charge is 0.481 e. The number of likely N-dealkylation sites (tertiary alicyclic amines) is 1. The van der Waals surface area contributed by atoms with Crippen LogP contribution in [-0.4, -0.2) is 69.3 Å². The van der Waals surface area contributed by atoms with Crippen LogP contribution in [0.1, 0.15) is 36.0 Å². The Bertz CT molecular complexity index is 718. The second-order valence-corrected chi connectivity index (χ2v) is 7.50. The van der Waals surface area contributed by atoms with Gasteiger partial charge in [0.25, 0.3) is 5.91 Å². The second kappa shape index (κ2) is 8.77. The lowest BCUT2D eigenvalue weighted by molar-refractivity contribution is -0.127. The van der Waals surface area contributed by atoms with Crippen LogP contribution in [0.5, 0.6) is 11.8 Å². The molecule has 1 aromatic rings. The van der Waals surface area contributed by atoms with Gasteiger partial charge in [0, 0.05) is 38.2 Å². The molecular formula is C20H29N3O5. The summed E-state index contributed by atoms with van der Waals surface area (Å²) in [6.45, 7) is 1.95. The van der Waals surface area contributed by atoms with E-state index in [4.69, 9.17) is 14.2 Å². The fourth-order valence-corrected chi connectivity index (χ4v) is 4.50. The Balaban J connectivity index is 1.80. The van der Waals surface area contributed by atoms with Crippen molar-refractivity contribution in [2.45, 2.75) is 25.7 Å². The molecule has 1 saturated carbocycles. The maximum atomic E-state index is 13.2. The Labute approximate surface area is 165 Å². The highest BCUT2D eigenvalue weighted by molar-refractivity contribution is 5.97. The summed E-state index contributed by atoms with van der Waals surface area (Å²) in [5, 5.41) is 2.96. The van der Waals surface area contributed by atoms with E-state index >= 15 is 0 Å². The molecule has 2 heterocycles. The number of hydrogen-bond donors (Lipinski definition) is 1. The highest BCUT2D eigenvalue weighted by Gasteiger charge is 2.52. The van der Waals surface area contributed by atoms with Crippen molar-refractivity contribution >= 4 is 11.8 Å². The number of nitrogens with one attached hydrogen (secondary N) is 1. The molecule has 1 atom stereocenters. The van der Waals surface area contributed by atoms with Crippen LogP contribution in [-0.2, 0) is 9.53 Å². The first-order chi connectivity index (χ1) is 13.5. The summed E-state index contributed by atoms with van der Waals surface area (Å²) in [6, 6.07) is 3.31. The van der Waals surface area contributed by atoms with E-state index in [9.17, 15) is 9.59 Å². The molecule has 1 unspecified atom stereocenters. The molecule has 8 nitrogen and oxygen atoms in total. The molecule has 0 radical (unpaired) electrons. The van der Waals surface area contributed by atoms with Crippen LogP contribution in [0, 0.1) is 11.3 Å². The van der Waals surface area contributed by atoms with Crippen molar-refractivity contribution in [1.29, 1.82) is 0 Å². The van der Waals surface area contributed by atoms with Gasteiger partial charge in [-0.05, 0) is 18.9 Å². The number of carbonyl (C=O) groups is 2. The van der Waals surface area contributed by atoms with Gasteiger partial charge in [0.15, 0.2) is 0 Å². The molecule has 2 aliphatic rings. The number of ether oxygens (including phenoxy) is 3. The minimum absolute atomic E-state index is 0.00840. The first kappa shape index (κ1) is 20.4. The van der Waals surface area contributed by atoms with Gasteiger partial charge in [-0.2, -0.15) is 4.98 Å². The maximum absolute atomic E-state index is 13.2. The van der Waals surface area contributed by atoms with Crippen LogP contribution < -0.4 is 14.8 Å². The Kier molecular flexibility index (Phi) is 6.39. The molecule has 1 aliphatic carbocycles. The van der Waals surface area contributed by atoms with Gasteiger partial charge in [-0.1, -0.05) is 12.8 Å². The first-order valence-corrected chi connectivity index (χ1v) is 9.69. The minimum Gasteiger partial charge on any atom is -0.481 e. The van der Waals surface area contributed by atoms with Crippen LogP contribution >= 0.6 is 0 Å². The zero-order chi connectivity index (χ0) is 20.1. The Morgan fingerprint density at radius 3 is 2.61 bits per heavy atom. The van der Waals surface area contributed by atoms with Crippen molar-refractivity contribution < 1.29 is 23.8 Å². The van der Waals surface area contributed by atoms with Crippen molar-refractivity contribution in [3.8, 4) is 11.8 Å². The van der Waals surface area contributed by atoms with Crippen LogP contribution in [0.3, 0.4) is 0 Å². The SMILES string of the molecule is COCCNC(=O)C1CN(C(=O)c2ccc(OC)nc2OC)CC12CCCC2. The third kappa shape index (κ3) is 3.92. The van der Waals surface area contributed by atoms with Gasteiger partial charge in [0.05, 0.1) is 26.7 Å². The van der Waals surface area contributed by atoms with E-state index in [1.807, 2.05) is 0 Å². The van der Waals surface area contributed by atoms with E-state index in [2.05, 4.69) is 10.3 Å². The molecule has 3 rings (SSSR count). The molecule has 0 bridgehead atoms. The normalized spacial score (nSPS) is 20.4. The summed E-state index contributed by atoms with van der Waals surface area (Å²) in [5.74, 6) is 0.267. The zero-order valence-corrected chi connectivity index (χ0v) is 16.8. The Morgan fingerprint density at radius 2 is 1.96 bits per heavy atom. The minimum atomic E-state index is -0.201.